The SMILES string of the molecule is C=CCNC(=O)/C(=C\c1ccc(Cl)cc1)NC(=O)c1ccccc1. The largest absolute Gasteiger partial charge is 0.347 e. The monoisotopic (exact) mass is 340 g/mol. The quantitative estimate of drug-likeness (QED) is 0.625. The number of amides is 2. The normalized spacial score (nSPS) is 10.8. The highest BCUT2D eigenvalue weighted by Crippen LogP contribution is 2.12. The van der Waals surface area contributed by atoms with E-state index in [0.717, 1.165) is 5.56 Å². The third-order valence-electron chi connectivity index (χ3n) is 3.12. The summed E-state index contributed by atoms with van der Waals surface area (Å²) in [7, 11) is 0. The van der Waals surface area contributed by atoms with Crippen LogP contribution in [0.25, 0.3) is 6.08 Å². The number of nitrogens with one attached hydrogen (secondary N) is 2. The molecular formula is C19H17ClN2O2. The van der Waals surface area contributed by atoms with Crippen LogP contribution in [0.15, 0.2) is 72.9 Å². The molecular weight excluding hydrogens is 324 g/mol. The Kier molecular flexibility index (Phi) is 6.34. The van der Waals surface area contributed by atoms with Crippen molar-refractivity contribution in [3.8, 4) is 0 Å². The van der Waals surface area contributed by atoms with E-state index in [-0.39, 0.29) is 11.6 Å². The van der Waals surface area contributed by atoms with Gasteiger partial charge in [-0.05, 0) is 35.9 Å². The first kappa shape index (κ1) is 17.5. The zero-order valence-electron chi connectivity index (χ0n) is 13.0. The van der Waals surface area contributed by atoms with Gasteiger partial charge < -0.3 is 10.6 Å². The number of hydrogen-bond acceptors (Lipinski definition) is 2. The van der Waals surface area contributed by atoms with E-state index in [0.29, 0.717) is 17.1 Å². The van der Waals surface area contributed by atoms with Crippen LogP contribution in [0.2, 0.25) is 5.02 Å². The number of carbonyl (C=O) groups is 2. The number of hydrogen-bond donors (Lipinski definition) is 2. The molecule has 0 atom stereocenters. The molecule has 0 aliphatic carbocycles. The predicted molar refractivity (Wildman–Crippen MR) is 96.5 cm³/mol. The molecule has 0 unspecified atom stereocenters. The van der Waals surface area contributed by atoms with Gasteiger partial charge in [0.1, 0.15) is 5.70 Å². The van der Waals surface area contributed by atoms with Crippen molar-refractivity contribution in [1.29, 1.82) is 0 Å². The third kappa shape index (κ3) is 5.11. The molecule has 0 heterocycles. The van der Waals surface area contributed by atoms with Crippen molar-refractivity contribution < 1.29 is 9.59 Å². The average Bonchev–Trinajstić information content (AvgIpc) is 2.61. The summed E-state index contributed by atoms with van der Waals surface area (Å²) < 4.78 is 0. The molecule has 2 N–H and O–H groups in total. The van der Waals surface area contributed by atoms with Crippen LogP contribution in [0.1, 0.15) is 15.9 Å². The molecule has 2 amide bonds. The number of halogens is 1. The second-order valence-electron chi connectivity index (χ2n) is 4.93. The van der Waals surface area contributed by atoms with E-state index in [1.807, 2.05) is 6.07 Å². The lowest BCUT2D eigenvalue weighted by atomic mass is 10.1. The fourth-order valence-corrected chi connectivity index (χ4v) is 2.05. The minimum absolute atomic E-state index is 0.146. The molecule has 4 nitrogen and oxygen atoms in total. The zero-order valence-corrected chi connectivity index (χ0v) is 13.7. The number of rotatable bonds is 6. The number of carbonyl (C=O) groups excluding carboxylic acids is 2. The molecule has 2 aromatic carbocycles. The lowest BCUT2D eigenvalue weighted by molar-refractivity contribution is -0.117. The van der Waals surface area contributed by atoms with Gasteiger partial charge in [-0.1, -0.05) is 48.0 Å². The van der Waals surface area contributed by atoms with Crippen molar-refractivity contribution >= 4 is 29.5 Å². The molecule has 24 heavy (non-hydrogen) atoms. The van der Waals surface area contributed by atoms with Crippen LogP contribution in [0.5, 0.6) is 0 Å². The van der Waals surface area contributed by atoms with Crippen LogP contribution >= 0.6 is 11.6 Å². The molecule has 5 heteroatoms. The molecule has 0 radical (unpaired) electrons. The van der Waals surface area contributed by atoms with Gasteiger partial charge in [0.05, 0.1) is 0 Å². The van der Waals surface area contributed by atoms with Gasteiger partial charge in [-0.15, -0.1) is 6.58 Å². The van der Waals surface area contributed by atoms with Gasteiger partial charge in [0.2, 0.25) is 0 Å². The number of benzene rings is 2. The standard InChI is InChI=1S/C19H17ClN2O2/c1-2-12-21-19(24)17(13-14-8-10-16(20)11-9-14)22-18(23)15-6-4-3-5-7-15/h2-11,13H,1,12H2,(H,21,24)(H,22,23)/b17-13+. The smallest absolute Gasteiger partial charge is 0.268 e. The molecule has 0 spiro atoms. The van der Waals surface area contributed by atoms with Gasteiger partial charge >= 0.3 is 0 Å². The van der Waals surface area contributed by atoms with Crippen molar-refractivity contribution in [1.82, 2.24) is 10.6 Å². The van der Waals surface area contributed by atoms with Crippen molar-refractivity contribution in [2.75, 3.05) is 6.54 Å². The Hall–Kier alpha value is -2.85. The van der Waals surface area contributed by atoms with Crippen LogP contribution in [-0.4, -0.2) is 18.4 Å². The van der Waals surface area contributed by atoms with E-state index in [9.17, 15) is 9.59 Å². The topological polar surface area (TPSA) is 58.2 Å². The molecule has 0 aliphatic heterocycles. The summed E-state index contributed by atoms with van der Waals surface area (Å²) >= 11 is 5.86. The molecule has 0 aromatic heterocycles. The van der Waals surface area contributed by atoms with Crippen molar-refractivity contribution in [2.24, 2.45) is 0 Å². The fraction of sp³-hybridized carbons (Fsp3) is 0.0526. The van der Waals surface area contributed by atoms with Gasteiger partial charge in [0.25, 0.3) is 11.8 Å². The minimum atomic E-state index is -0.394. The summed E-state index contributed by atoms with van der Waals surface area (Å²) in [6.45, 7) is 3.86. The summed E-state index contributed by atoms with van der Waals surface area (Å²) in [5.74, 6) is -0.751. The Bertz CT molecular complexity index is 753. The Morgan fingerprint density at radius 2 is 1.71 bits per heavy atom. The van der Waals surface area contributed by atoms with E-state index in [1.165, 1.54) is 0 Å². The van der Waals surface area contributed by atoms with E-state index >= 15 is 0 Å². The first-order valence-electron chi connectivity index (χ1n) is 7.33. The molecule has 0 saturated heterocycles. The Morgan fingerprint density at radius 1 is 1.04 bits per heavy atom. The zero-order chi connectivity index (χ0) is 17.4. The second-order valence-corrected chi connectivity index (χ2v) is 5.36. The van der Waals surface area contributed by atoms with Crippen molar-refractivity contribution in [3.05, 3.63) is 89.1 Å². The van der Waals surface area contributed by atoms with Crippen molar-refractivity contribution in [2.45, 2.75) is 0 Å². The Morgan fingerprint density at radius 3 is 2.33 bits per heavy atom. The minimum Gasteiger partial charge on any atom is -0.347 e. The van der Waals surface area contributed by atoms with Crippen LogP contribution in [0.3, 0.4) is 0 Å². The highest BCUT2D eigenvalue weighted by molar-refractivity contribution is 6.30. The first-order valence-corrected chi connectivity index (χ1v) is 7.70. The summed E-state index contributed by atoms with van der Waals surface area (Å²) in [5, 5.41) is 5.90. The van der Waals surface area contributed by atoms with Crippen LogP contribution in [0, 0.1) is 0 Å². The maximum atomic E-state index is 12.3. The van der Waals surface area contributed by atoms with Gasteiger partial charge in [0.15, 0.2) is 0 Å². The highest BCUT2D eigenvalue weighted by atomic mass is 35.5. The molecule has 0 saturated carbocycles. The maximum Gasteiger partial charge on any atom is 0.268 e. The molecule has 122 valence electrons. The lowest BCUT2D eigenvalue weighted by Crippen LogP contribution is -2.34. The first-order chi connectivity index (χ1) is 11.6. The fourth-order valence-electron chi connectivity index (χ4n) is 1.93. The van der Waals surface area contributed by atoms with E-state index in [2.05, 4.69) is 17.2 Å². The van der Waals surface area contributed by atoms with Gasteiger partial charge in [-0.25, -0.2) is 0 Å². The third-order valence-corrected chi connectivity index (χ3v) is 3.37. The molecule has 2 aromatic rings. The summed E-state index contributed by atoms with van der Waals surface area (Å²) in [6, 6.07) is 15.6. The van der Waals surface area contributed by atoms with Crippen LogP contribution < -0.4 is 10.6 Å². The van der Waals surface area contributed by atoms with Gasteiger partial charge in [0, 0.05) is 17.1 Å². The Balaban J connectivity index is 2.25. The van der Waals surface area contributed by atoms with Gasteiger partial charge in [-0.2, -0.15) is 0 Å². The predicted octanol–water partition coefficient (Wildman–Crippen LogP) is 3.41. The maximum absolute atomic E-state index is 12.3. The Labute approximate surface area is 145 Å². The van der Waals surface area contributed by atoms with E-state index < -0.39 is 5.91 Å². The average molecular weight is 341 g/mol. The highest BCUT2D eigenvalue weighted by Gasteiger charge is 2.13. The summed E-state index contributed by atoms with van der Waals surface area (Å²) in [6.07, 6.45) is 3.16. The van der Waals surface area contributed by atoms with E-state index in [4.69, 9.17) is 11.6 Å². The second kappa shape index (κ2) is 8.70. The molecule has 0 bridgehead atoms. The molecule has 2 rings (SSSR count). The summed E-state index contributed by atoms with van der Waals surface area (Å²) in [5.41, 5.74) is 1.36. The van der Waals surface area contributed by atoms with E-state index in [1.54, 1.807) is 60.7 Å². The lowest BCUT2D eigenvalue weighted by Gasteiger charge is -2.10. The van der Waals surface area contributed by atoms with Crippen LogP contribution in [-0.2, 0) is 4.79 Å². The van der Waals surface area contributed by atoms with Crippen LogP contribution in [0.4, 0.5) is 0 Å². The van der Waals surface area contributed by atoms with Crippen molar-refractivity contribution in [3.63, 3.8) is 0 Å². The van der Waals surface area contributed by atoms with Gasteiger partial charge in [-0.3, -0.25) is 9.59 Å². The summed E-state index contributed by atoms with van der Waals surface area (Å²) in [4.78, 5) is 24.6. The molecule has 0 aliphatic rings. The molecule has 0 fully saturated rings.